The van der Waals surface area contributed by atoms with Gasteiger partial charge in [0.1, 0.15) is 0 Å². The van der Waals surface area contributed by atoms with Crippen molar-refractivity contribution in [2.45, 2.75) is 25.4 Å². The molecule has 1 aliphatic heterocycles. The summed E-state index contributed by atoms with van der Waals surface area (Å²) in [4.78, 5) is 2.36. The molecule has 124 valence electrons. The molecule has 0 N–H and O–H groups in total. The third-order valence-corrected chi connectivity index (χ3v) is 4.71. The van der Waals surface area contributed by atoms with Gasteiger partial charge < -0.3 is 4.42 Å². The summed E-state index contributed by atoms with van der Waals surface area (Å²) >= 11 is 6.20. The lowest BCUT2D eigenvalue weighted by Gasteiger charge is -2.21. The molecule has 2 aromatic heterocycles. The van der Waals surface area contributed by atoms with E-state index in [0.717, 1.165) is 24.9 Å². The molecule has 0 saturated carbocycles. The van der Waals surface area contributed by atoms with Gasteiger partial charge in [-0.2, -0.15) is 5.10 Å². The zero-order chi connectivity index (χ0) is 16.5. The molecule has 3 heterocycles. The highest BCUT2D eigenvalue weighted by Crippen LogP contribution is 2.33. The largest absolute Gasteiger partial charge is 0.419 e. The molecule has 0 bridgehead atoms. The molecule has 0 spiro atoms. The lowest BCUT2D eigenvalue weighted by atomic mass is 10.1. The molecule has 24 heavy (non-hydrogen) atoms. The third-order valence-electron chi connectivity index (χ3n) is 4.38. The van der Waals surface area contributed by atoms with E-state index in [1.54, 1.807) is 0 Å². The van der Waals surface area contributed by atoms with Crippen molar-refractivity contribution in [3.63, 3.8) is 0 Å². The predicted octanol–water partition coefficient (Wildman–Crippen LogP) is 3.46. The molecular formula is C17H18ClN5O. The minimum atomic E-state index is 0.356. The smallest absolute Gasteiger partial charge is 0.249 e. The van der Waals surface area contributed by atoms with E-state index in [1.807, 2.05) is 42.2 Å². The molecular weight excluding hydrogens is 326 g/mol. The van der Waals surface area contributed by atoms with Gasteiger partial charge in [-0.05, 0) is 31.5 Å². The van der Waals surface area contributed by atoms with Crippen molar-refractivity contribution >= 4 is 11.6 Å². The number of nitrogens with zero attached hydrogens (tertiary/aromatic N) is 5. The summed E-state index contributed by atoms with van der Waals surface area (Å²) in [6.07, 6.45) is 6.29. The fourth-order valence-corrected chi connectivity index (χ4v) is 3.46. The number of halogens is 1. The minimum Gasteiger partial charge on any atom is -0.419 e. The Morgan fingerprint density at radius 3 is 2.96 bits per heavy atom. The maximum absolute atomic E-state index is 6.20. The SMILES string of the molecule is Cn1cc([C@H]2CCCN2Cc2nnc(-c3ccccc3Cl)o2)cn1. The summed E-state index contributed by atoms with van der Waals surface area (Å²) < 4.78 is 7.67. The summed E-state index contributed by atoms with van der Waals surface area (Å²) in [5.74, 6) is 1.08. The van der Waals surface area contributed by atoms with E-state index in [-0.39, 0.29) is 0 Å². The van der Waals surface area contributed by atoms with Gasteiger partial charge in [-0.3, -0.25) is 9.58 Å². The Morgan fingerprint density at radius 2 is 2.17 bits per heavy atom. The van der Waals surface area contributed by atoms with E-state index < -0.39 is 0 Å². The Hall–Kier alpha value is -2.18. The quantitative estimate of drug-likeness (QED) is 0.726. The van der Waals surface area contributed by atoms with Crippen molar-refractivity contribution in [3.05, 3.63) is 53.1 Å². The van der Waals surface area contributed by atoms with Crippen molar-refractivity contribution < 1.29 is 4.42 Å². The van der Waals surface area contributed by atoms with Crippen molar-refractivity contribution in [2.24, 2.45) is 7.05 Å². The average molecular weight is 344 g/mol. The molecule has 1 fully saturated rings. The van der Waals surface area contributed by atoms with Crippen LogP contribution in [0.5, 0.6) is 0 Å². The maximum atomic E-state index is 6.20. The Morgan fingerprint density at radius 1 is 1.29 bits per heavy atom. The van der Waals surface area contributed by atoms with E-state index >= 15 is 0 Å². The molecule has 1 aromatic carbocycles. The third kappa shape index (κ3) is 2.95. The van der Waals surface area contributed by atoms with E-state index in [9.17, 15) is 0 Å². The van der Waals surface area contributed by atoms with Gasteiger partial charge in [0.15, 0.2) is 0 Å². The molecule has 4 rings (SSSR count). The fourth-order valence-electron chi connectivity index (χ4n) is 3.24. The van der Waals surface area contributed by atoms with Crippen LogP contribution in [0.2, 0.25) is 5.02 Å². The second kappa shape index (κ2) is 6.37. The van der Waals surface area contributed by atoms with Crippen LogP contribution in [0.15, 0.2) is 41.1 Å². The number of benzene rings is 1. The summed E-state index contributed by atoms with van der Waals surface area (Å²) in [5, 5.41) is 13.2. The fraction of sp³-hybridized carbons (Fsp3) is 0.353. The van der Waals surface area contributed by atoms with Crippen LogP contribution in [-0.4, -0.2) is 31.4 Å². The monoisotopic (exact) mass is 343 g/mol. The van der Waals surface area contributed by atoms with E-state index in [0.29, 0.717) is 29.4 Å². The molecule has 0 aliphatic carbocycles. The molecule has 1 aliphatic rings. The Balaban J connectivity index is 1.52. The van der Waals surface area contributed by atoms with Crippen LogP contribution < -0.4 is 0 Å². The van der Waals surface area contributed by atoms with Gasteiger partial charge >= 0.3 is 0 Å². The lowest BCUT2D eigenvalue weighted by Crippen LogP contribution is -2.22. The van der Waals surface area contributed by atoms with E-state index in [1.165, 1.54) is 5.56 Å². The number of hydrogen-bond donors (Lipinski definition) is 0. The molecule has 0 radical (unpaired) electrons. The zero-order valence-corrected chi connectivity index (χ0v) is 14.1. The van der Waals surface area contributed by atoms with Gasteiger partial charge in [-0.1, -0.05) is 23.7 Å². The van der Waals surface area contributed by atoms with Crippen molar-refractivity contribution in [2.75, 3.05) is 6.54 Å². The summed E-state index contributed by atoms with van der Waals surface area (Å²) in [7, 11) is 1.94. The highest BCUT2D eigenvalue weighted by molar-refractivity contribution is 6.33. The second-order valence-electron chi connectivity index (χ2n) is 6.06. The van der Waals surface area contributed by atoms with E-state index in [2.05, 4.69) is 26.4 Å². The number of aryl methyl sites for hydroxylation is 1. The molecule has 7 heteroatoms. The summed E-state index contributed by atoms with van der Waals surface area (Å²) in [6.45, 7) is 1.65. The molecule has 1 atom stereocenters. The summed E-state index contributed by atoms with van der Waals surface area (Å²) in [6, 6.07) is 7.85. The second-order valence-corrected chi connectivity index (χ2v) is 6.46. The number of likely N-dealkylation sites (tertiary alicyclic amines) is 1. The maximum Gasteiger partial charge on any atom is 0.249 e. The zero-order valence-electron chi connectivity index (χ0n) is 13.4. The van der Waals surface area contributed by atoms with E-state index in [4.69, 9.17) is 16.0 Å². The minimum absolute atomic E-state index is 0.356. The van der Waals surface area contributed by atoms with Gasteiger partial charge in [0.05, 0.1) is 23.3 Å². The molecule has 3 aromatic rings. The number of aromatic nitrogens is 4. The highest BCUT2D eigenvalue weighted by atomic mass is 35.5. The first kappa shape index (κ1) is 15.4. The number of rotatable bonds is 4. The van der Waals surface area contributed by atoms with Gasteiger partial charge in [0.2, 0.25) is 11.8 Å². The highest BCUT2D eigenvalue weighted by Gasteiger charge is 2.28. The summed E-state index contributed by atoms with van der Waals surface area (Å²) in [5.41, 5.74) is 2.00. The van der Waals surface area contributed by atoms with Gasteiger partial charge in [0, 0.05) is 24.8 Å². The van der Waals surface area contributed by atoms with Crippen LogP contribution in [0.3, 0.4) is 0 Å². The van der Waals surface area contributed by atoms with Crippen LogP contribution >= 0.6 is 11.6 Å². The Labute approximate surface area is 145 Å². The van der Waals surface area contributed by atoms with Crippen molar-refractivity contribution in [1.82, 2.24) is 24.9 Å². The van der Waals surface area contributed by atoms with Crippen LogP contribution in [0, 0.1) is 0 Å². The molecule has 0 unspecified atom stereocenters. The van der Waals surface area contributed by atoms with Crippen LogP contribution in [-0.2, 0) is 13.6 Å². The number of hydrogen-bond acceptors (Lipinski definition) is 5. The lowest BCUT2D eigenvalue weighted by molar-refractivity contribution is 0.224. The Bertz CT molecular complexity index is 843. The first-order valence-electron chi connectivity index (χ1n) is 8.00. The Kier molecular flexibility index (Phi) is 4.08. The van der Waals surface area contributed by atoms with Crippen LogP contribution in [0.25, 0.3) is 11.5 Å². The molecule has 0 amide bonds. The van der Waals surface area contributed by atoms with Gasteiger partial charge in [0.25, 0.3) is 0 Å². The molecule has 6 nitrogen and oxygen atoms in total. The predicted molar refractivity (Wildman–Crippen MR) is 90.3 cm³/mol. The normalized spacial score (nSPS) is 18.3. The van der Waals surface area contributed by atoms with Crippen LogP contribution in [0.4, 0.5) is 0 Å². The standard InChI is InChI=1S/C17H18ClN5O/c1-22-10-12(9-19-22)15-7-4-8-23(15)11-16-20-21-17(24-16)13-5-2-3-6-14(13)18/h2-3,5-6,9-10,15H,4,7-8,11H2,1H3/t15-/m1/s1. The van der Waals surface area contributed by atoms with Crippen molar-refractivity contribution in [3.8, 4) is 11.5 Å². The average Bonchev–Trinajstić information content (AvgIpc) is 3.29. The first-order chi connectivity index (χ1) is 11.7. The van der Waals surface area contributed by atoms with Gasteiger partial charge in [-0.15, -0.1) is 10.2 Å². The first-order valence-corrected chi connectivity index (χ1v) is 8.38. The molecule has 1 saturated heterocycles. The van der Waals surface area contributed by atoms with Gasteiger partial charge in [-0.25, -0.2) is 0 Å². The van der Waals surface area contributed by atoms with Crippen LogP contribution in [0.1, 0.15) is 30.3 Å². The van der Waals surface area contributed by atoms with Crippen molar-refractivity contribution in [1.29, 1.82) is 0 Å². The topological polar surface area (TPSA) is 60.0 Å².